The van der Waals surface area contributed by atoms with E-state index in [1.807, 2.05) is 24.3 Å². The van der Waals surface area contributed by atoms with Crippen LogP contribution in [-0.2, 0) is 6.18 Å². The van der Waals surface area contributed by atoms with Gasteiger partial charge >= 0.3 is 6.18 Å². The van der Waals surface area contributed by atoms with E-state index in [9.17, 15) is 13.2 Å². The highest BCUT2D eigenvalue weighted by Gasteiger charge is 2.35. The summed E-state index contributed by atoms with van der Waals surface area (Å²) in [5.74, 6) is 0.896. The van der Waals surface area contributed by atoms with Crippen molar-refractivity contribution in [3.8, 4) is 17.0 Å². The van der Waals surface area contributed by atoms with Gasteiger partial charge in [0.1, 0.15) is 5.75 Å². The largest absolute Gasteiger partial charge is 0.497 e. The Kier molecular flexibility index (Phi) is 5.94. The molecule has 1 aliphatic heterocycles. The number of nitrogens with zero attached hydrogens (tertiary/aromatic N) is 3. The summed E-state index contributed by atoms with van der Waals surface area (Å²) in [6.45, 7) is 2.37. The van der Waals surface area contributed by atoms with E-state index in [2.05, 4.69) is 20.6 Å². The van der Waals surface area contributed by atoms with Gasteiger partial charge in [-0.05, 0) is 36.4 Å². The van der Waals surface area contributed by atoms with Crippen molar-refractivity contribution in [2.24, 2.45) is 0 Å². The fraction of sp³-hybridized carbons (Fsp3) is 0.273. The van der Waals surface area contributed by atoms with E-state index >= 15 is 0 Å². The molecular weight excluding hydrogens is 407 g/mol. The first-order chi connectivity index (χ1) is 14.9. The van der Waals surface area contributed by atoms with Gasteiger partial charge < -0.3 is 20.3 Å². The molecule has 0 atom stereocenters. The highest BCUT2D eigenvalue weighted by Crippen LogP contribution is 2.39. The van der Waals surface area contributed by atoms with Gasteiger partial charge in [0, 0.05) is 49.3 Å². The molecule has 1 aromatic heterocycles. The maximum absolute atomic E-state index is 13.8. The number of methoxy groups -OCH3 is 1. The van der Waals surface area contributed by atoms with Crippen LogP contribution in [-0.4, -0.2) is 43.3 Å². The molecule has 4 rings (SSSR count). The number of benzene rings is 2. The Labute approximate surface area is 178 Å². The zero-order valence-corrected chi connectivity index (χ0v) is 16.9. The highest BCUT2D eigenvalue weighted by molar-refractivity contribution is 5.67. The Morgan fingerprint density at radius 3 is 2.61 bits per heavy atom. The molecule has 0 amide bonds. The summed E-state index contributed by atoms with van der Waals surface area (Å²) < 4.78 is 46.5. The Hall–Kier alpha value is -3.33. The Morgan fingerprint density at radius 1 is 1.06 bits per heavy atom. The smallest absolute Gasteiger partial charge is 0.418 e. The molecule has 1 aliphatic rings. The summed E-state index contributed by atoms with van der Waals surface area (Å²) in [4.78, 5) is 10.3. The summed E-state index contributed by atoms with van der Waals surface area (Å²) in [6.07, 6.45) is -2.91. The number of piperazine rings is 1. The van der Waals surface area contributed by atoms with E-state index in [0.29, 0.717) is 37.6 Å². The number of alkyl halides is 3. The minimum Gasteiger partial charge on any atom is -0.497 e. The van der Waals surface area contributed by atoms with Crippen LogP contribution >= 0.6 is 0 Å². The van der Waals surface area contributed by atoms with Crippen LogP contribution in [0.2, 0.25) is 0 Å². The van der Waals surface area contributed by atoms with Crippen molar-refractivity contribution in [2.75, 3.05) is 43.5 Å². The lowest BCUT2D eigenvalue weighted by Crippen LogP contribution is -2.44. The first kappa shape index (κ1) is 20.9. The van der Waals surface area contributed by atoms with Crippen molar-refractivity contribution in [3.05, 3.63) is 60.3 Å². The Balaban J connectivity index is 1.62. The quantitative estimate of drug-likeness (QED) is 0.630. The first-order valence-electron chi connectivity index (χ1n) is 9.85. The van der Waals surface area contributed by atoms with E-state index in [-0.39, 0.29) is 17.3 Å². The van der Waals surface area contributed by atoms with E-state index < -0.39 is 11.7 Å². The van der Waals surface area contributed by atoms with E-state index in [1.54, 1.807) is 30.3 Å². The van der Waals surface area contributed by atoms with Crippen molar-refractivity contribution < 1.29 is 17.9 Å². The van der Waals surface area contributed by atoms with Crippen LogP contribution < -0.4 is 20.3 Å². The maximum atomic E-state index is 13.8. The second kappa shape index (κ2) is 8.81. The molecule has 1 fully saturated rings. The summed E-state index contributed by atoms with van der Waals surface area (Å²) in [5.41, 5.74) is 1.22. The second-order valence-corrected chi connectivity index (χ2v) is 7.09. The third-order valence-electron chi connectivity index (χ3n) is 5.04. The van der Waals surface area contributed by atoms with Crippen LogP contribution in [0.25, 0.3) is 11.3 Å². The molecule has 0 bridgehead atoms. The molecule has 1 saturated heterocycles. The van der Waals surface area contributed by atoms with Gasteiger partial charge in [-0.1, -0.05) is 12.1 Å². The van der Waals surface area contributed by atoms with E-state index in [1.165, 1.54) is 6.07 Å². The molecule has 2 aromatic carbocycles. The molecule has 2 N–H and O–H groups in total. The molecule has 2 heterocycles. The maximum Gasteiger partial charge on any atom is 0.418 e. The normalized spacial score (nSPS) is 14.4. The van der Waals surface area contributed by atoms with Crippen LogP contribution in [0.3, 0.4) is 0 Å². The van der Waals surface area contributed by atoms with Crippen LogP contribution in [0.4, 0.5) is 30.5 Å². The van der Waals surface area contributed by atoms with E-state index in [4.69, 9.17) is 4.74 Å². The minimum atomic E-state index is -4.47. The van der Waals surface area contributed by atoms with Crippen LogP contribution in [0, 0.1) is 0 Å². The van der Waals surface area contributed by atoms with Crippen LogP contribution in [0.15, 0.2) is 54.7 Å². The van der Waals surface area contributed by atoms with Gasteiger partial charge in [-0.2, -0.15) is 13.2 Å². The number of aromatic nitrogens is 2. The zero-order valence-electron chi connectivity index (χ0n) is 16.9. The van der Waals surface area contributed by atoms with Gasteiger partial charge in [-0.15, -0.1) is 0 Å². The van der Waals surface area contributed by atoms with Gasteiger partial charge in [0.2, 0.25) is 5.95 Å². The average molecular weight is 429 g/mol. The standard InChI is InChI=1S/C22H22F3N5O/c1-31-17-4-2-3-15(13-17)19-7-8-27-21(29-19)28-16-5-6-20(18(14-16)22(23,24)25)30-11-9-26-10-12-30/h2-8,13-14,26H,9-12H2,1H3,(H,27,28,29). The second-order valence-electron chi connectivity index (χ2n) is 7.09. The number of hydrogen-bond donors (Lipinski definition) is 2. The lowest BCUT2D eigenvalue weighted by atomic mass is 10.1. The third kappa shape index (κ3) is 4.88. The predicted octanol–water partition coefficient (Wildman–Crippen LogP) is 4.32. The molecule has 0 saturated carbocycles. The molecule has 0 radical (unpaired) electrons. The lowest BCUT2D eigenvalue weighted by molar-refractivity contribution is -0.137. The molecule has 31 heavy (non-hydrogen) atoms. The van der Waals surface area contributed by atoms with Gasteiger partial charge in [0.15, 0.2) is 0 Å². The first-order valence-corrected chi connectivity index (χ1v) is 9.85. The predicted molar refractivity (Wildman–Crippen MR) is 114 cm³/mol. The molecular formula is C22H22F3N5O. The van der Waals surface area contributed by atoms with Gasteiger partial charge in [-0.3, -0.25) is 0 Å². The number of hydrogen-bond acceptors (Lipinski definition) is 6. The van der Waals surface area contributed by atoms with Crippen molar-refractivity contribution in [1.29, 1.82) is 0 Å². The molecule has 0 spiro atoms. The van der Waals surface area contributed by atoms with Crippen molar-refractivity contribution in [3.63, 3.8) is 0 Å². The fourth-order valence-corrected chi connectivity index (χ4v) is 3.51. The summed E-state index contributed by atoms with van der Waals surface area (Å²) in [5, 5.41) is 6.05. The number of ether oxygens (including phenoxy) is 1. The van der Waals surface area contributed by atoms with Crippen LogP contribution in [0.5, 0.6) is 5.75 Å². The molecule has 0 unspecified atom stereocenters. The lowest BCUT2D eigenvalue weighted by Gasteiger charge is -2.31. The van der Waals surface area contributed by atoms with Crippen molar-refractivity contribution in [2.45, 2.75) is 6.18 Å². The zero-order chi connectivity index (χ0) is 21.8. The fourth-order valence-electron chi connectivity index (χ4n) is 3.51. The van der Waals surface area contributed by atoms with Gasteiger partial charge in [-0.25, -0.2) is 9.97 Å². The van der Waals surface area contributed by atoms with Crippen molar-refractivity contribution in [1.82, 2.24) is 15.3 Å². The Morgan fingerprint density at radius 2 is 1.87 bits per heavy atom. The Bertz CT molecular complexity index is 1050. The minimum absolute atomic E-state index is 0.186. The number of halogens is 3. The van der Waals surface area contributed by atoms with Gasteiger partial charge in [0.05, 0.1) is 18.4 Å². The number of anilines is 3. The average Bonchev–Trinajstić information content (AvgIpc) is 2.79. The molecule has 9 heteroatoms. The number of nitrogens with one attached hydrogen (secondary N) is 2. The van der Waals surface area contributed by atoms with Gasteiger partial charge in [0.25, 0.3) is 0 Å². The number of rotatable bonds is 5. The summed E-state index contributed by atoms with van der Waals surface area (Å²) >= 11 is 0. The third-order valence-corrected chi connectivity index (χ3v) is 5.04. The van der Waals surface area contributed by atoms with Crippen LogP contribution in [0.1, 0.15) is 5.56 Å². The monoisotopic (exact) mass is 429 g/mol. The molecule has 3 aromatic rings. The SMILES string of the molecule is COc1cccc(-c2ccnc(Nc3ccc(N4CCNCC4)c(C(F)(F)F)c3)n2)c1. The topological polar surface area (TPSA) is 62.3 Å². The van der Waals surface area contributed by atoms with E-state index in [0.717, 1.165) is 11.6 Å². The summed E-state index contributed by atoms with van der Waals surface area (Å²) in [6, 6.07) is 13.3. The van der Waals surface area contributed by atoms with Crippen molar-refractivity contribution >= 4 is 17.3 Å². The summed E-state index contributed by atoms with van der Waals surface area (Å²) in [7, 11) is 1.58. The highest BCUT2D eigenvalue weighted by atomic mass is 19.4. The molecule has 0 aliphatic carbocycles. The molecule has 162 valence electrons. The molecule has 6 nitrogen and oxygen atoms in total.